The van der Waals surface area contributed by atoms with Gasteiger partial charge in [0.2, 0.25) is 5.91 Å². The number of carbonyl (C=O) groups is 3. The van der Waals surface area contributed by atoms with Crippen molar-refractivity contribution < 1.29 is 18.8 Å². The Balaban J connectivity index is 1.16. The summed E-state index contributed by atoms with van der Waals surface area (Å²) in [6, 6.07) is 29.9. The van der Waals surface area contributed by atoms with E-state index in [9.17, 15) is 18.8 Å². The molecular weight excluding hydrogens is 545 g/mol. The van der Waals surface area contributed by atoms with Gasteiger partial charge in [0.05, 0.1) is 0 Å². The number of amides is 4. The lowest BCUT2D eigenvalue weighted by atomic mass is 10.1. The molecular formula is C34H34FN5O3. The molecule has 220 valence electrons. The van der Waals surface area contributed by atoms with Gasteiger partial charge in [-0.25, -0.2) is 9.18 Å². The Hall–Kier alpha value is -5.18. The molecule has 4 amide bonds. The molecule has 0 spiro atoms. The highest BCUT2D eigenvalue weighted by molar-refractivity contribution is 5.99. The van der Waals surface area contributed by atoms with Gasteiger partial charge < -0.3 is 25.3 Å². The fourth-order valence-electron chi connectivity index (χ4n) is 5.03. The molecule has 1 aliphatic heterocycles. The Labute approximate surface area is 250 Å². The molecule has 1 saturated heterocycles. The van der Waals surface area contributed by atoms with Gasteiger partial charge in [0.1, 0.15) is 12.4 Å². The van der Waals surface area contributed by atoms with E-state index in [1.165, 1.54) is 29.2 Å². The summed E-state index contributed by atoms with van der Waals surface area (Å²) in [5.74, 6) is -1.30. The molecule has 0 saturated carbocycles. The van der Waals surface area contributed by atoms with Crippen molar-refractivity contribution in [2.24, 2.45) is 0 Å². The summed E-state index contributed by atoms with van der Waals surface area (Å²) in [7, 11) is 0. The summed E-state index contributed by atoms with van der Waals surface area (Å²) >= 11 is 0. The monoisotopic (exact) mass is 579 g/mol. The molecule has 4 aromatic rings. The second-order valence-corrected chi connectivity index (χ2v) is 10.5. The molecule has 1 heterocycles. The van der Waals surface area contributed by atoms with E-state index in [0.29, 0.717) is 31.9 Å². The van der Waals surface area contributed by atoms with Gasteiger partial charge in [-0.3, -0.25) is 9.59 Å². The van der Waals surface area contributed by atoms with Gasteiger partial charge in [-0.1, -0.05) is 48.5 Å². The van der Waals surface area contributed by atoms with Crippen molar-refractivity contribution in [2.45, 2.75) is 13.5 Å². The normalized spacial score (nSPS) is 12.9. The first-order valence-corrected chi connectivity index (χ1v) is 14.2. The predicted molar refractivity (Wildman–Crippen MR) is 167 cm³/mol. The van der Waals surface area contributed by atoms with Crippen molar-refractivity contribution >= 4 is 34.9 Å². The zero-order valence-electron chi connectivity index (χ0n) is 24.0. The Morgan fingerprint density at radius 2 is 1.49 bits per heavy atom. The Bertz CT molecular complexity index is 1570. The molecule has 0 bridgehead atoms. The minimum atomic E-state index is -0.512. The lowest BCUT2D eigenvalue weighted by molar-refractivity contribution is -0.117. The van der Waals surface area contributed by atoms with Crippen molar-refractivity contribution in [1.82, 2.24) is 9.80 Å². The van der Waals surface area contributed by atoms with Crippen LogP contribution in [0.5, 0.6) is 0 Å². The van der Waals surface area contributed by atoms with E-state index in [2.05, 4.69) is 15.5 Å². The number of carbonyl (C=O) groups excluding carboxylic acids is 3. The molecule has 1 aliphatic rings. The Kier molecular flexibility index (Phi) is 9.31. The quantitative estimate of drug-likeness (QED) is 0.278. The molecule has 0 radical (unpaired) electrons. The van der Waals surface area contributed by atoms with Crippen molar-refractivity contribution in [1.29, 1.82) is 0 Å². The van der Waals surface area contributed by atoms with Crippen LogP contribution in [0.1, 0.15) is 21.5 Å². The number of nitrogens with zero attached hydrogens (tertiary/aromatic N) is 3. The van der Waals surface area contributed by atoms with E-state index in [0.717, 1.165) is 22.5 Å². The number of halogens is 1. The maximum Gasteiger partial charge on any atom is 0.321 e. The maximum absolute atomic E-state index is 13.8. The number of benzene rings is 4. The van der Waals surface area contributed by atoms with Crippen LogP contribution in [0, 0.1) is 12.7 Å². The minimum absolute atomic E-state index is 0.111. The number of aryl methyl sites for hydroxylation is 1. The van der Waals surface area contributed by atoms with Gasteiger partial charge in [-0.05, 0) is 72.6 Å². The third-order valence-electron chi connectivity index (χ3n) is 7.26. The maximum atomic E-state index is 13.8. The van der Waals surface area contributed by atoms with Gasteiger partial charge in [0, 0.05) is 55.3 Å². The van der Waals surface area contributed by atoms with E-state index < -0.39 is 11.7 Å². The van der Waals surface area contributed by atoms with Crippen molar-refractivity contribution in [3.8, 4) is 0 Å². The molecule has 4 aromatic carbocycles. The SMILES string of the molecule is Cc1cccc(NC(=O)N2CCN(c3ccc(NC(=O)CN(Cc4ccccc4)C(=O)c4cccc(F)c4)cc3)CC2)c1. The average molecular weight is 580 g/mol. The molecule has 9 heteroatoms. The Morgan fingerprint density at radius 3 is 2.19 bits per heavy atom. The van der Waals surface area contributed by atoms with Crippen LogP contribution < -0.4 is 15.5 Å². The highest BCUT2D eigenvalue weighted by atomic mass is 19.1. The van der Waals surface area contributed by atoms with Gasteiger partial charge >= 0.3 is 6.03 Å². The summed E-state index contributed by atoms with van der Waals surface area (Å²) in [6.07, 6.45) is 0. The lowest BCUT2D eigenvalue weighted by Gasteiger charge is -2.36. The van der Waals surface area contributed by atoms with Crippen LogP contribution in [0.3, 0.4) is 0 Å². The molecule has 8 nitrogen and oxygen atoms in total. The molecule has 0 aliphatic carbocycles. The molecule has 1 fully saturated rings. The largest absolute Gasteiger partial charge is 0.368 e. The van der Waals surface area contributed by atoms with E-state index >= 15 is 0 Å². The topological polar surface area (TPSA) is 85.0 Å². The second kappa shape index (κ2) is 13.7. The molecule has 2 N–H and O–H groups in total. The van der Waals surface area contributed by atoms with Gasteiger partial charge in [0.25, 0.3) is 5.91 Å². The number of anilines is 3. The van der Waals surface area contributed by atoms with Gasteiger partial charge in [0.15, 0.2) is 0 Å². The fraction of sp³-hybridized carbons (Fsp3) is 0.206. The van der Waals surface area contributed by atoms with E-state index in [-0.39, 0.29) is 30.6 Å². The first-order chi connectivity index (χ1) is 20.8. The summed E-state index contributed by atoms with van der Waals surface area (Å²) in [4.78, 5) is 44.4. The van der Waals surface area contributed by atoms with E-state index in [1.807, 2.05) is 85.8 Å². The summed E-state index contributed by atoms with van der Waals surface area (Å²) in [6.45, 7) is 4.55. The first kappa shape index (κ1) is 29.3. The van der Waals surface area contributed by atoms with Crippen LogP contribution in [-0.2, 0) is 11.3 Å². The average Bonchev–Trinajstić information content (AvgIpc) is 3.01. The molecule has 43 heavy (non-hydrogen) atoms. The predicted octanol–water partition coefficient (Wildman–Crippen LogP) is 5.77. The Morgan fingerprint density at radius 1 is 0.767 bits per heavy atom. The van der Waals surface area contributed by atoms with E-state index in [4.69, 9.17) is 0 Å². The lowest BCUT2D eigenvalue weighted by Crippen LogP contribution is -2.50. The molecule has 0 aromatic heterocycles. The molecule has 0 atom stereocenters. The number of hydrogen-bond donors (Lipinski definition) is 2. The smallest absolute Gasteiger partial charge is 0.321 e. The highest BCUT2D eigenvalue weighted by Crippen LogP contribution is 2.21. The molecule has 0 unspecified atom stereocenters. The number of hydrogen-bond acceptors (Lipinski definition) is 4. The zero-order chi connectivity index (χ0) is 30.2. The number of urea groups is 1. The van der Waals surface area contributed by atoms with Crippen molar-refractivity contribution in [2.75, 3.05) is 48.3 Å². The van der Waals surface area contributed by atoms with E-state index in [1.54, 1.807) is 4.90 Å². The van der Waals surface area contributed by atoms with Crippen LogP contribution in [0.15, 0.2) is 103 Å². The second-order valence-electron chi connectivity index (χ2n) is 10.5. The van der Waals surface area contributed by atoms with Crippen LogP contribution in [-0.4, -0.2) is 60.4 Å². The summed E-state index contributed by atoms with van der Waals surface area (Å²) < 4.78 is 13.8. The number of rotatable bonds is 8. The van der Waals surface area contributed by atoms with Gasteiger partial charge in [-0.15, -0.1) is 0 Å². The van der Waals surface area contributed by atoms with Crippen molar-refractivity contribution in [3.63, 3.8) is 0 Å². The first-order valence-electron chi connectivity index (χ1n) is 14.2. The third-order valence-corrected chi connectivity index (χ3v) is 7.26. The standard InChI is InChI=1S/C34H34FN5O3/c1-25-7-5-12-30(21-25)37-34(43)39-19-17-38(18-20-39)31-15-13-29(14-16-31)36-32(41)24-40(23-26-8-3-2-4-9-26)33(42)27-10-6-11-28(35)22-27/h2-16,21-22H,17-20,23-24H2,1H3,(H,36,41)(H,37,43). The number of nitrogens with one attached hydrogen (secondary N) is 2. The minimum Gasteiger partial charge on any atom is -0.368 e. The van der Waals surface area contributed by atoms with Crippen LogP contribution >= 0.6 is 0 Å². The summed E-state index contributed by atoms with van der Waals surface area (Å²) in [5.41, 5.74) is 4.50. The van der Waals surface area contributed by atoms with Gasteiger partial charge in [-0.2, -0.15) is 0 Å². The van der Waals surface area contributed by atoms with Crippen LogP contribution in [0.2, 0.25) is 0 Å². The van der Waals surface area contributed by atoms with Crippen LogP contribution in [0.4, 0.5) is 26.2 Å². The number of piperazine rings is 1. The summed E-state index contributed by atoms with van der Waals surface area (Å²) in [5, 5.41) is 5.83. The van der Waals surface area contributed by atoms with Crippen LogP contribution in [0.25, 0.3) is 0 Å². The third kappa shape index (κ3) is 7.97. The molecule has 5 rings (SSSR count). The highest BCUT2D eigenvalue weighted by Gasteiger charge is 2.22. The fourth-order valence-corrected chi connectivity index (χ4v) is 5.03. The zero-order valence-corrected chi connectivity index (χ0v) is 24.0. The van der Waals surface area contributed by atoms with Crippen molar-refractivity contribution in [3.05, 3.63) is 126 Å².